The summed E-state index contributed by atoms with van der Waals surface area (Å²) in [5.74, 6) is -1.01. The summed E-state index contributed by atoms with van der Waals surface area (Å²) >= 11 is 0. The Hall–Kier alpha value is -3.87. The monoisotopic (exact) mass is 419 g/mol. The number of aromatic amines is 1. The van der Waals surface area contributed by atoms with E-state index in [0.29, 0.717) is 33.8 Å². The fraction of sp³-hybridized carbons (Fsp3) is 0.208. The minimum Gasteiger partial charge on any atom is -0.465 e. The van der Waals surface area contributed by atoms with Crippen LogP contribution in [0.2, 0.25) is 0 Å². The van der Waals surface area contributed by atoms with Crippen molar-refractivity contribution in [2.24, 2.45) is 0 Å². The molecular weight excluding hydrogens is 394 g/mol. The normalized spacial score (nSPS) is 10.5. The lowest BCUT2D eigenvalue weighted by Crippen LogP contribution is -2.24. The standard InChI is InChI=1S/C24H25N3O4/c1-14-8-10-18(11-9-14)22(28)27-19-7-5-6-17(12-19)13-25-23(29)21-15(2)20(16(3)26-21)24(30)31-4/h5-12,26H,13H2,1-4H3,(H,25,29)(H,27,28). The van der Waals surface area contributed by atoms with Gasteiger partial charge in [-0.2, -0.15) is 0 Å². The summed E-state index contributed by atoms with van der Waals surface area (Å²) in [5.41, 5.74) is 4.93. The van der Waals surface area contributed by atoms with Crippen molar-refractivity contribution >= 4 is 23.5 Å². The van der Waals surface area contributed by atoms with E-state index < -0.39 is 5.97 Å². The second-order valence-electron chi connectivity index (χ2n) is 7.32. The fourth-order valence-corrected chi connectivity index (χ4v) is 3.32. The van der Waals surface area contributed by atoms with E-state index in [1.807, 2.05) is 31.2 Å². The van der Waals surface area contributed by atoms with Crippen molar-refractivity contribution in [3.63, 3.8) is 0 Å². The number of hydrogen-bond acceptors (Lipinski definition) is 4. The van der Waals surface area contributed by atoms with Gasteiger partial charge >= 0.3 is 5.97 Å². The van der Waals surface area contributed by atoms with Crippen LogP contribution in [0.5, 0.6) is 0 Å². The minimum atomic E-state index is -0.484. The molecule has 0 radical (unpaired) electrons. The number of rotatable bonds is 6. The Morgan fingerprint density at radius 1 is 0.968 bits per heavy atom. The molecule has 7 heteroatoms. The van der Waals surface area contributed by atoms with Gasteiger partial charge in [-0.1, -0.05) is 29.8 Å². The number of esters is 1. The molecule has 3 rings (SSSR count). The summed E-state index contributed by atoms with van der Waals surface area (Å²) in [7, 11) is 1.30. The molecule has 2 amide bonds. The van der Waals surface area contributed by atoms with E-state index in [-0.39, 0.29) is 18.4 Å². The van der Waals surface area contributed by atoms with Gasteiger partial charge in [0, 0.05) is 23.5 Å². The van der Waals surface area contributed by atoms with Gasteiger partial charge in [0.2, 0.25) is 0 Å². The van der Waals surface area contributed by atoms with Gasteiger partial charge in [0.05, 0.1) is 12.7 Å². The maximum atomic E-state index is 12.6. The number of carbonyl (C=O) groups is 3. The Morgan fingerprint density at radius 3 is 2.35 bits per heavy atom. The molecule has 1 heterocycles. The number of anilines is 1. The SMILES string of the molecule is COC(=O)c1c(C)[nH]c(C(=O)NCc2cccc(NC(=O)c3ccc(C)cc3)c2)c1C. The number of methoxy groups -OCH3 is 1. The van der Waals surface area contributed by atoms with E-state index in [2.05, 4.69) is 15.6 Å². The van der Waals surface area contributed by atoms with Crippen LogP contribution in [-0.4, -0.2) is 29.9 Å². The molecule has 31 heavy (non-hydrogen) atoms. The number of aryl methyl sites for hydroxylation is 2. The summed E-state index contributed by atoms with van der Waals surface area (Å²) in [5, 5.41) is 5.70. The van der Waals surface area contributed by atoms with Crippen molar-refractivity contribution in [1.82, 2.24) is 10.3 Å². The Balaban J connectivity index is 1.66. The van der Waals surface area contributed by atoms with E-state index in [4.69, 9.17) is 4.74 Å². The van der Waals surface area contributed by atoms with E-state index in [0.717, 1.165) is 11.1 Å². The van der Waals surface area contributed by atoms with Gasteiger partial charge in [-0.3, -0.25) is 9.59 Å². The second kappa shape index (κ2) is 9.30. The Kier molecular flexibility index (Phi) is 6.55. The van der Waals surface area contributed by atoms with Crippen molar-refractivity contribution in [1.29, 1.82) is 0 Å². The van der Waals surface area contributed by atoms with Crippen molar-refractivity contribution in [2.75, 3.05) is 12.4 Å². The summed E-state index contributed by atoms with van der Waals surface area (Å²) in [6.07, 6.45) is 0. The molecule has 0 fully saturated rings. The van der Waals surface area contributed by atoms with E-state index in [1.165, 1.54) is 7.11 Å². The minimum absolute atomic E-state index is 0.200. The van der Waals surface area contributed by atoms with Gasteiger partial charge in [-0.05, 0) is 56.2 Å². The van der Waals surface area contributed by atoms with Gasteiger partial charge < -0.3 is 20.4 Å². The van der Waals surface area contributed by atoms with Crippen LogP contribution >= 0.6 is 0 Å². The van der Waals surface area contributed by atoms with E-state index >= 15 is 0 Å². The average Bonchev–Trinajstić information content (AvgIpc) is 3.06. The topological polar surface area (TPSA) is 100 Å². The zero-order valence-corrected chi connectivity index (χ0v) is 18.0. The molecule has 0 aliphatic carbocycles. The number of nitrogens with one attached hydrogen (secondary N) is 3. The maximum absolute atomic E-state index is 12.6. The first kappa shape index (κ1) is 21.8. The molecule has 160 valence electrons. The van der Waals surface area contributed by atoms with Crippen LogP contribution < -0.4 is 10.6 Å². The number of H-pyrrole nitrogens is 1. The molecule has 0 saturated carbocycles. The number of hydrogen-bond donors (Lipinski definition) is 3. The van der Waals surface area contributed by atoms with Gasteiger partial charge in [-0.15, -0.1) is 0 Å². The molecule has 2 aromatic carbocycles. The van der Waals surface area contributed by atoms with Crippen LogP contribution in [0.4, 0.5) is 5.69 Å². The van der Waals surface area contributed by atoms with Gasteiger partial charge in [0.15, 0.2) is 0 Å². The summed E-state index contributed by atoms with van der Waals surface area (Å²) in [6, 6.07) is 14.6. The lowest BCUT2D eigenvalue weighted by Gasteiger charge is -2.09. The number of amides is 2. The second-order valence-corrected chi connectivity index (χ2v) is 7.32. The van der Waals surface area contributed by atoms with Crippen molar-refractivity contribution in [3.8, 4) is 0 Å². The Morgan fingerprint density at radius 2 is 1.68 bits per heavy atom. The number of ether oxygens (including phenoxy) is 1. The third kappa shape index (κ3) is 5.01. The highest BCUT2D eigenvalue weighted by Crippen LogP contribution is 2.19. The van der Waals surface area contributed by atoms with Crippen LogP contribution in [0, 0.1) is 20.8 Å². The van der Waals surface area contributed by atoms with Gasteiger partial charge in [-0.25, -0.2) is 4.79 Å². The zero-order valence-electron chi connectivity index (χ0n) is 18.0. The zero-order chi connectivity index (χ0) is 22.5. The number of benzene rings is 2. The molecule has 0 bridgehead atoms. The first-order chi connectivity index (χ1) is 14.8. The van der Waals surface area contributed by atoms with Gasteiger partial charge in [0.25, 0.3) is 11.8 Å². The van der Waals surface area contributed by atoms with Crippen molar-refractivity contribution in [2.45, 2.75) is 27.3 Å². The van der Waals surface area contributed by atoms with Crippen LogP contribution in [0.3, 0.4) is 0 Å². The first-order valence-corrected chi connectivity index (χ1v) is 9.82. The number of aromatic nitrogens is 1. The van der Waals surface area contributed by atoms with Crippen molar-refractivity contribution in [3.05, 3.63) is 87.7 Å². The first-order valence-electron chi connectivity index (χ1n) is 9.82. The maximum Gasteiger partial charge on any atom is 0.339 e. The molecule has 1 aromatic heterocycles. The average molecular weight is 419 g/mol. The third-order valence-corrected chi connectivity index (χ3v) is 5.01. The van der Waals surface area contributed by atoms with Crippen LogP contribution in [-0.2, 0) is 11.3 Å². The summed E-state index contributed by atoms with van der Waals surface area (Å²) < 4.78 is 4.78. The molecule has 3 aromatic rings. The largest absolute Gasteiger partial charge is 0.465 e. The molecule has 0 spiro atoms. The Bertz CT molecular complexity index is 1130. The lowest BCUT2D eigenvalue weighted by molar-refractivity contribution is 0.0599. The highest BCUT2D eigenvalue weighted by molar-refractivity contribution is 6.04. The smallest absolute Gasteiger partial charge is 0.339 e. The number of carbonyl (C=O) groups excluding carboxylic acids is 3. The fourth-order valence-electron chi connectivity index (χ4n) is 3.32. The molecule has 0 atom stereocenters. The van der Waals surface area contributed by atoms with Crippen LogP contribution in [0.15, 0.2) is 48.5 Å². The lowest BCUT2D eigenvalue weighted by atomic mass is 10.1. The molecule has 0 saturated heterocycles. The van der Waals surface area contributed by atoms with Crippen molar-refractivity contribution < 1.29 is 19.1 Å². The molecule has 0 aliphatic rings. The van der Waals surface area contributed by atoms with E-state index in [9.17, 15) is 14.4 Å². The van der Waals surface area contributed by atoms with Crippen LogP contribution in [0.1, 0.15) is 53.6 Å². The quantitative estimate of drug-likeness (QED) is 0.528. The predicted molar refractivity (Wildman–Crippen MR) is 118 cm³/mol. The van der Waals surface area contributed by atoms with Gasteiger partial charge in [0.1, 0.15) is 5.69 Å². The highest BCUT2D eigenvalue weighted by Gasteiger charge is 2.22. The molecule has 0 aliphatic heterocycles. The van der Waals surface area contributed by atoms with E-state index in [1.54, 1.807) is 38.1 Å². The molecule has 3 N–H and O–H groups in total. The predicted octanol–water partition coefficient (Wildman–Crippen LogP) is 3.91. The molecule has 0 unspecified atom stereocenters. The summed E-state index contributed by atoms with van der Waals surface area (Å²) in [6.45, 7) is 5.64. The molecule has 7 nitrogen and oxygen atoms in total. The Labute approximate surface area is 180 Å². The highest BCUT2D eigenvalue weighted by atomic mass is 16.5. The van der Waals surface area contributed by atoms with Crippen LogP contribution in [0.25, 0.3) is 0 Å². The molecular formula is C24H25N3O4. The summed E-state index contributed by atoms with van der Waals surface area (Å²) in [4.78, 5) is 39.9. The third-order valence-electron chi connectivity index (χ3n) is 5.01.